The van der Waals surface area contributed by atoms with E-state index in [0.717, 1.165) is 39.9 Å². The van der Waals surface area contributed by atoms with Crippen LogP contribution in [0.1, 0.15) is 17.3 Å². The summed E-state index contributed by atoms with van der Waals surface area (Å²) >= 11 is 0. The number of fused-ring (bicyclic) bond motifs is 4. The summed E-state index contributed by atoms with van der Waals surface area (Å²) in [5.41, 5.74) is 4.15. The lowest BCUT2D eigenvalue weighted by Gasteiger charge is -2.14. The van der Waals surface area contributed by atoms with Crippen molar-refractivity contribution >= 4 is 17.1 Å². The van der Waals surface area contributed by atoms with E-state index in [0.29, 0.717) is 11.4 Å². The molecule has 2 unspecified atom stereocenters. The lowest BCUT2D eigenvalue weighted by atomic mass is 10.0. The Morgan fingerprint density at radius 3 is 2.71 bits per heavy atom. The van der Waals surface area contributed by atoms with Crippen LogP contribution >= 0.6 is 0 Å². The van der Waals surface area contributed by atoms with E-state index in [-0.39, 0.29) is 18.9 Å². The maximum absolute atomic E-state index is 12.9. The number of para-hydroxylation sites is 2. The van der Waals surface area contributed by atoms with Crippen LogP contribution in [0.3, 0.4) is 0 Å². The van der Waals surface area contributed by atoms with Gasteiger partial charge in [0.05, 0.1) is 24.5 Å². The highest BCUT2D eigenvalue weighted by Crippen LogP contribution is 2.55. The smallest absolute Gasteiger partial charge is 0.437 e. The number of rotatable bonds is 4. The number of nitrogens with one attached hydrogen (secondary N) is 1. The van der Waals surface area contributed by atoms with Crippen molar-refractivity contribution < 1.29 is 23.4 Å². The molecular weight excluding hydrogens is 436 g/mol. The fourth-order valence-corrected chi connectivity index (χ4v) is 4.82. The molecule has 0 bridgehead atoms. The van der Waals surface area contributed by atoms with Crippen LogP contribution in [0.4, 0.5) is 11.4 Å². The molecule has 9 heteroatoms. The summed E-state index contributed by atoms with van der Waals surface area (Å²) in [6.45, 7) is 0.221. The Morgan fingerprint density at radius 2 is 1.85 bits per heavy atom. The van der Waals surface area contributed by atoms with Crippen LogP contribution < -0.4 is 29.4 Å². The number of nitrogens with zero attached hydrogens (tertiary/aromatic N) is 3. The van der Waals surface area contributed by atoms with Crippen molar-refractivity contribution in [2.24, 2.45) is 4.99 Å². The van der Waals surface area contributed by atoms with Gasteiger partial charge in [-0.3, -0.25) is 4.52 Å². The SMILES string of the molecule is COc1ccc(-[n+]2[nH]oc(=O)c2C2=Nc3ccccc3N3C2C3c2ccc3c(c2)OCO3)cc1. The van der Waals surface area contributed by atoms with E-state index in [1.807, 2.05) is 66.7 Å². The molecule has 3 aliphatic heterocycles. The van der Waals surface area contributed by atoms with Crippen LogP contribution in [-0.4, -0.2) is 30.9 Å². The summed E-state index contributed by atoms with van der Waals surface area (Å²) in [6, 6.07) is 21.1. The molecule has 3 aliphatic rings. The highest BCUT2D eigenvalue weighted by molar-refractivity contribution is 6.12. The Balaban J connectivity index is 1.36. The highest BCUT2D eigenvalue weighted by Gasteiger charge is 2.58. The second-order valence-electron chi connectivity index (χ2n) is 8.26. The molecule has 0 spiro atoms. The van der Waals surface area contributed by atoms with Crippen molar-refractivity contribution in [2.75, 3.05) is 18.8 Å². The van der Waals surface area contributed by atoms with E-state index >= 15 is 0 Å². The molecule has 34 heavy (non-hydrogen) atoms. The summed E-state index contributed by atoms with van der Waals surface area (Å²) in [7, 11) is 1.61. The Kier molecular flexibility index (Phi) is 3.90. The first-order valence-electron chi connectivity index (χ1n) is 10.9. The van der Waals surface area contributed by atoms with Gasteiger partial charge < -0.3 is 19.1 Å². The minimum atomic E-state index is -0.481. The van der Waals surface area contributed by atoms with Crippen molar-refractivity contribution in [2.45, 2.75) is 12.1 Å². The minimum Gasteiger partial charge on any atom is -0.497 e. The fourth-order valence-electron chi connectivity index (χ4n) is 4.82. The van der Waals surface area contributed by atoms with Gasteiger partial charge in [0.25, 0.3) is 0 Å². The second-order valence-corrected chi connectivity index (χ2v) is 8.26. The normalized spacial score (nSPS) is 19.3. The van der Waals surface area contributed by atoms with Gasteiger partial charge in [0, 0.05) is 12.1 Å². The van der Waals surface area contributed by atoms with Gasteiger partial charge in [-0.15, -0.1) is 0 Å². The van der Waals surface area contributed by atoms with Gasteiger partial charge in [-0.25, -0.2) is 9.79 Å². The molecule has 1 saturated heterocycles. The number of hydrogen-bond acceptors (Lipinski definition) is 7. The molecule has 1 aromatic heterocycles. The van der Waals surface area contributed by atoms with Gasteiger partial charge in [0.2, 0.25) is 12.5 Å². The molecule has 2 atom stereocenters. The van der Waals surface area contributed by atoms with Gasteiger partial charge >= 0.3 is 11.3 Å². The molecule has 0 aliphatic carbocycles. The van der Waals surface area contributed by atoms with Crippen molar-refractivity contribution in [3.8, 4) is 22.9 Å². The summed E-state index contributed by atoms with van der Waals surface area (Å²) < 4.78 is 23.2. The minimum absolute atomic E-state index is 0.00415. The molecular formula is C25H19N4O5+. The van der Waals surface area contributed by atoms with Crippen molar-refractivity contribution in [3.63, 3.8) is 0 Å². The molecule has 3 aromatic carbocycles. The first kappa shape index (κ1) is 19.0. The van der Waals surface area contributed by atoms with Crippen LogP contribution in [0.5, 0.6) is 17.2 Å². The summed E-state index contributed by atoms with van der Waals surface area (Å²) in [5, 5.41) is 2.73. The van der Waals surface area contributed by atoms with Crippen LogP contribution in [-0.2, 0) is 0 Å². The van der Waals surface area contributed by atoms with Crippen LogP contribution in [0.25, 0.3) is 5.69 Å². The average Bonchev–Trinajstić information content (AvgIpc) is 3.24. The number of hydrogen-bond donors (Lipinski definition) is 1. The molecule has 4 heterocycles. The number of H-pyrrole nitrogens is 1. The maximum atomic E-state index is 12.9. The molecule has 0 amide bonds. The zero-order chi connectivity index (χ0) is 22.8. The summed E-state index contributed by atoms with van der Waals surface area (Å²) in [4.78, 5) is 20.1. The standard InChI is InChI=1S/C25H18N4O5/c1-31-16-9-7-15(8-10-16)29-24(25(30)34-27-29)21-23-22(14-6-11-19-20(12-14)33-13-32-19)28(23)18-5-3-2-4-17(18)26-21/h2-12,22-23H,13H2,1H3/p+1. The number of aliphatic imine (C=N–C) groups is 1. The Morgan fingerprint density at radius 1 is 1.03 bits per heavy atom. The second kappa shape index (κ2) is 6.98. The van der Waals surface area contributed by atoms with Crippen LogP contribution in [0, 0.1) is 0 Å². The van der Waals surface area contributed by atoms with E-state index in [4.69, 9.17) is 23.7 Å². The van der Waals surface area contributed by atoms with Gasteiger partial charge in [-0.1, -0.05) is 18.2 Å². The van der Waals surface area contributed by atoms with E-state index in [9.17, 15) is 4.79 Å². The fraction of sp³-hybridized carbons (Fsp3) is 0.160. The van der Waals surface area contributed by atoms with Crippen LogP contribution in [0.2, 0.25) is 0 Å². The lowest BCUT2D eigenvalue weighted by molar-refractivity contribution is -0.671. The average molecular weight is 455 g/mol. The third-order valence-corrected chi connectivity index (χ3v) is 6.45. The van der Waals surface area contributed by atoms with Gasteiger partial charge in [0.1, 0.15) is 17.5 Å². The first-order chi connectivity index (χ1) is 16.7. The number of aromatic amines is 1. The van der Waals surface area contributed by atoms with E-state index in [1.54, 1.807) is 11.8 Å². The number of ether oxygens (including phenoxy) is 3. The maximum Gasteiger partial charge on any atom is 0.437 e. The monoisotopic (exact) mass is 455 g/mol. The largest absolute Gasteiger partial charge is 0.497 e. The molecule has 168 valence electrons. The number of aromatic nitrogens is 2. The Bertz CT molecular complexity index is 1520. The van der Waals surface area contributed by atoms with E-state index in [2.05, 4.69) is 10.2 Å². The number of methoxy groups -OCH3 is 1. The van der Waals surface area contributed by atoms with E-state index < -0.39 is 5.63 Å². The number of benzene rings is 3. The Labute approximate surface area is 193 Å². The zero-order valence-electron chi connectivity index (χ0n) is 18.1. The van der Waals surface area contributed by atoms with Crippen molar-refractivity contribution in [3.05, 3.63) is 88.4 Å². The zero-order valence-corrected chi connectivity index (χ0v) is 18.1. The number of anilines is 1. The lowest BCUT2D eigenvalue weighted by Crippen LogP contribution is -2.43. The summed E-state index contributed by atoms with van der Waals surface area (Å²) in [5.74, 6) is 2.18. The molecule has 1 fully saturated rings. The molecule has 0 saturated carbocycles. The first-order valence-corrected chi connectivity index (χ1v) is 10.9. The van der Waals surface area contributed by atoms with Crippen molar-refractivity contribution in [1.29, 1.82) is 0 Å². The van der Waals surface area contributed by atoms with Crippen molar-refractivity contribution in [1.82, 2.24) is 5.27 Å². The van der Waals surface area contributed by atoms with Gasteiger partial charge in [0.15, 0.2) is 11.5 Å². The molecule has 1 N–H and O–H groups in total. The van der Waals surface area contributed by atoms with Gasteiger partial charge in [-0.2, -0.15) is 0 Å². The van der Waals surface area contributed by atoms with E-state index in [1.165, 1.54) is 0 Å². The predicted octanol–water partition coefficient (Wildman–Crippen LogP) is 3.05. The third-order valence-electron chi connectivity index (χ3n) is 6.45. The molecule has 9 nitrogen and oxygen atoms in total. The third kappa shape index (κ3) is 2.70. The van der Waals surface area contributed by atoms with Gasteiger partial charge in [-0.05, 0) is 51.9 Å². The highest BCUT2D eigenvalue weighted by atomic mass is 16.7. The molecule has 0 radical (unpaired) electrons. The quantitative estimate of drug-likeness (QED) is 0.376. The van der Waals surface area contributed by atoms with Crippen LogP contribution in [0.15, 0.2) is 81.0 Å². The topological polar surface area (TPSA) is 92.9 Å². The summed E-state index contributed by atoms with van der Waals surface area (Å²) in [6.07, 6.45) is 0. The molecule has 4 aromatic rings. The predicted molar refractivity (Wildman–Crippen MR) is 122 cm³/mol. The Hall–Kier alpha value is -4.53. The molecule has 7 rings (SSSR count).